The summed E-state index contributed by atoms with van der Waals surface area (Å²) in [5.74, 6) is 0.557. The number of fused-ring (bicyclic) bond motifs is 1. The smallest absolute Gasteiger partial charge is 0.341 e. The molecule has 2 aromatic heterocycles. The van der Waals surface area contributed by atoms with Crippen molar-refractivity contribution in [2.75, 3.05) is 17.7 Å². The fraction of sp³-hybridized carbons (Fsp3) is 0.417. The second kappa shape index (κ2) is 11.0. The maximum Gasteiger partial charge on any atom is 0.341 e. The number of ether oxygens (including phenoxy) is 1. The third-order valence-corrected chi connectivity index (χ3v) is 7.87. The molecule has 1 amide bonds. The highest BCUT2D eigenvalue weighted by molar-refractivity contribution is 7.99. The van der Waals surface area contributed by atoms with Crippen LogP contribution in [0, 0.1) is 0 Å². The predicted molar refractivity (Wildman–Crippen MR) is 131 cm³/mol. The molecule has 4 rings (SSSR count). The van der Waals surface area contributed by atoms with Gasteiger partial charge < -0.3 is 14.6 Å². The number of rotatable bonds is 9. The Hall–Kier alpha value is -2.65. The van der Waals surface area contributed by atoms with Crippen molar-refractivity contribution in [2.45, 2.75) is 50.6 Å². The number of aromatic nitrogens is 3. The van der Waals surface area contributed by atoms with Crippen LogP contribution in [0.1, 0.15) is 52.0 Å². The van der Waals surface area contributed by atoms with Gasteiger partial charge >= 0.3 is 5.97 Å². The van der Waals surface area contributed by atoms with Crippen LogP contribution in [-0.4, -0.2) is 39.0 Å². The van der Waals surface area contributed by atoms with Crippen LogP contribution >= 0.6 is 23.1 Å². The van der Waals surface area contributed by atoms with Gasteiger partial charge in [0.25, 0.3) is 0 Å². The van der Waals surface area contributed by atoms with E-state index in [-0.39, 0.29) is 17.6 Å². The lowest BCUT2D eigenvalue weighted by molar-refractivity contribution is -0.113. The van der Waals surface area contributed by atoms with Gasteiger partial charge in [0.2, 0.25) is 5.91 Å². The van der Waals surface area contributed by atoms with Crippen LogP contribution in [0.3, 0.4) is 0 Å². The number of benzene rings is 1. The summed E-state index contributed by atoms with van der Waals surface area (Å²) in [6.45, 7) is 2.10. The molecule has 174 valence electrons. The Kier molecular flexibility index (Phi) is 7.82. The molecule has 0 fully saturated rings. The first-order valence-electron chi connectivity index (χ1n) is 11.2. The zero-order valence-corrected chi connectivity index (χ0v) is 20.6. The van der Waals surface area contributed by atoms with Crippen LogP contribution < -0.4 is 5.32 Å². The van der Waals surface area contributed by atoms with E-state index in [4.69, 9.17) is 4.74 Å². The highest BCUT2D eigenvalue weighted by Crippen LogP contribution is 2.38. The van der Waals surface area contributed by atoms with Gasteiger partial charge in [0.1, 0.15) is 10.8 Å². The molecule has 0 bridgehead atoms. The first-order valence-corrected chi connectivity index (χ1v) is 13.0. The molecule has 3 aromatic rings. The standard InChI is InChI=1S/C24H28N4O3S2/c1-3-31-23(30)21-17-11-7-8-12-18(17)33-22(21)25-20(29)15-32-24-27-26-19(28(24)2)14-13-16-9-5-4-6-10-16/h4-6,9-10H,3,7-8,11-15H2,1-2H3,(H,25,29). The van der Waals surface area contributed by atoms with Crippen molar-refractivity contribution in [2.24, 2.45) is 7.05 Å². The Bertz CT molecular complexity index is 1120. The normalized spacial score (nSPS) is 12.9. The molecule has 1 aliphatic carbocycles. The van der Waals surface area contributed by atoms with Crippen molar-refractivity contribution in [1.29, 1.82) is 0 Å². The Labute approximate surface area is 201 Å². The fourth-order valence-electron chi connectivity index (χ4n) is 3.96. The van der Waals surface area contributed by atoms with Gasteiger partial charge in [0.15, 0.2) is 5.16 Å². The number of thiophene rings is 1. The van der Waals surface area contributed by atoms with Crippen molar-refractivity contribution in [1.82, 2.24) is 14.8 Å². The number of nitrogens with one attached hydrogen (secondary N) is 1. The summed E-state index contributed by atoms with van der Waals surface area (Å²) in [6.07, 6.45) is 5.63. The minimum atomic E-state index is -0.351. The summed E-state index contributed by atoms with van der Waals surface area (Å²) in [5.41, 5.74) is 2.84. The SMILES string of the molecule is CCOC(=O)c1c(NC(=O)CSc2nnc(CCc3ccccc3)n2C)sc2c1CCCC2. The Morgan fingerprint density at radius 3 is 2.73 bits per heavy atom. The fourth-order valence-corrected chi connectivity index (χ4v) is 5.98. The van der Waals surface area contributed by atoms with Crippen LogP contribution in [0.25, 0.3) is 0 Å². The number of thioether (sulfide) groups is 1. The average Bonchev–Trinajstić information content (AvgIpc) is 3.36. The van der Waals surface area contributed by atoms with E-state index in [9.17, 15) is 9.59 Å². The van der Waals surface area contributed by atoms with E-state index in [0.29, 0.717) is 22.3 Å². The first kappa shape index (κ1) is 23.5. The second-order valence-corrected chi connectivity index (χ2v) is 9.96. The van der Waals surface area contributed by atoms with Gasteiger partial charge in [-0.1, -0.05) is 42.1 Å². The molecule has 0 unspecified atom stereocenters. The van der Waals surface area contributed by atoms with E-state index in [1.807, 2.05) is 29.8 Å². The molecule has 9 heteroatoms. The maximum absolute atomic E-state index is 12.7. The monoisotopic (exact) mass is 484 g/mol. The summed E-state index contributed by atoms with van der Waals surface area (Å²) in [7, 11) is 1.92. The largest absolute Gasteiger partial charge is 0.462 e. The number of carbonyl (C=O) groups is 2. The van der Waals surface area contributed by atoms with Gasteiger partial charge in [0.05, 0.1) is 17.9 Å². The zero-order chi connectivity index (χ0) is 23.2. The molecule has 0 atom stereocenters. The zero-order valence-electron chi connectivity index (χ0n) is 18.9. The molecule has 0 saturated carbocycles. The number of esters is 1. The first-order chi connectivity index (χ1) is 16.1. The summed E-state index contributed by atoms with van der Waals surface area (Å²) >= 11 is 2.84. The lowest BCUT2D eigenvalue weighted by Crippen LogP contribution is -2.17. The molecular weight excluding hydrogens is 456 g/mol. The Balaban J connectivity index is 1.38. The van der Waals surface area contributed by atoms with Crippen LogP contribution in [0.4, 0.5) is 5.00 Å². The van der Waals surface area contributed by atoms with E-state index < -0.39 is 0 Å². The lowest BCUT2D eigenvalue weighted by atomic mass is 9.95. The highest BCUT2D eigenvalue weighted by atomic mass is 32.2. The van der Waals surface area contributed by atoms with Crippen LogP contribution in [0.15, 0.2) is 35.5 Å². The number of anilines is 1. The molecule has 2 heterocycles. The van der Waals surface area contributed by atoms with Gasteiger partial charge in [-0.2, -0.15) is 0 Å². The minimum Gasteiger partial charge on any atom is -0.462 e. The van der Waals surface area contributed by atoms with E-state index in [1.54, 1.807) is 6.92 Å². The Morgan fingerprint density at radius 2 is 1.94 bits per heavy atom. The van der Waals surface area contributed by atoms with Gasteiger partial charge in [-0.25, -0.2) is 4.79 Å². The average molecular weight is 485 g/mol. The van der Waals surface area contributed by atoms with E-state index in [0.717, 1.165) is 49.9 Å². The molecule has 0 saturated heterocycles. The molecule has 1 N–H and O–H groups in total. The number of hydrogen-bond acceptors (Lipinski definition) is 7. The van der Waals surface area contributed by atoms with E-state index in [1.165, 1.54) is 33.5 Å². The number of aryl methyl sites for hydroxylation is 3. The third kappa shape index (κ3) is 5.65. The molecule has 33 heavy (non-hydrogen) atoms. The number of nitrogens with zero attached hydrogens (tertiary/aromatic N) is 3. The number of amides is 1. The van der Waals surface area contributed by atoms with Gasteiger partial charge in [-0.3, -0.25) is 4.79 Å². The van der Waals surface area contributed by atoms with Crippen molar-refractivity contribution in [3.05, 3.63) is 57.7 Å². The van der Waals surface area contributed by atoms with Crippen LogP contribution in [-0.2, 0) is 42.3 Å². The molecule has 0 spiro atoms. The summed E-state index contributed by atoms with van der Waals surface area (Å²) in [4.78, 5) is 26.5. The number of carbonyl (C=O) groups excluding carboxylic acids is 2. The number of hydrogen-bond donors (Lipinski definition) is 1. The molecular formula is C24H28N4O3S2. The highest BCUT2D eigenvalue weighted by Gasteiger charge is 2.27. The van der Waals surface area contributed by atoms with E-state index in [2.05, 4.69) is 27.6 Å². The van der Waals surface area contributed by atoms with E-state index >= 15 is 0 Å². The minimum absolute atomic E-state index is 0.169. The van der Waals surface area contributed by atoms with Crippen LogP contribution in [0.5, 0.6) is 0 Å². The van der Waals surface area contributed by atoms with Crippen molar-refractivity contribution < 1.29 is 14.3 Å². The third-order valence-electron chi connectivity index (χ3n) is 5.64. The summed E-state index contributed by atoms with van der Waals surface area (Å²) in [5, 5.41) is 12.8. The Morgan fingerprint density at radius 1 is 1.15 bits per heavy atom. The topological polar surface area (TPSA) is 86.1 Å². The second-order valence-electron chi connectivity index (χ2n) is 7.92. The quantitative estimate of drug-likeness (QED) is 0.357. The maximum atomic E-state index is 12.7. The van der Waals surface area contributed by atoms with Crippen molar-refractivity contribution >= 4 is 40.0 Å². The van der Waals surface area contributed by atoms with Crippen LogP contribution in [0.2, 0.25) is 0 Å². The summed E-state index contributed by atoms with van der Waals surface area (Å²) in [6, 6.07) is 10.3. The molecule has 7 nitrogen and oxygen atoms in total. The van der Waals surface area contributed by atoms with Gasteiger partial charge in [0, 0.05) is 18.3 Å². The molecule has 0 aliphatic heterocycles. The summed E-state index contributed by atoms with van der Waals surface area (Å²) < 4.78 is 7.21. The molecule has 0 radical (unpaired) electrons. The van der Waals surface area contributed by atoms with Gasteiger partial charge in [-0.05, 0) is 50.2 Å². The molecule has 1 aromatic carbocycles. The predicted octanol–water partition coefficient (Wildman–Crippen LogP) is 4.45. The van der Waals surface area contributed by atoms with Gasteiger partial charge in [-0.15, -0.1) is 21.5 Å². The van der Waals surface area contributed by atoms with Crippen molar-refractivity contribution in [3.8, 4) is 0 Å². The molecule has 1 aliphatic rings. The lowest BCUT2D eigenvalue weighted by Gasteiger charge is -2.12. The van der Waals surface area contributed by atoms with Crippen molar-refractivity contribution in [3.63, 3.8) is 0 Å².